The monoisotopic (exact) mass is 766 g/mol. The van der Waals surface area contributed by atoms with Gasteiger partial charge in [-0.2, -0.15) is 0 Å². The first-order valence-corrected chi connectivity index (χ1v) is 21.8. The Balaban J connectivity index is 1.03. The van der Waals surface area contributed by atoms with E-state index < -0.39 is 0 Å². The lowest BCUT2D eigenvalue weighted by Gasteiger charge is -2.16. The molecule has 0 aliphatic carbocycles. The third-order valence-corrected chi connectivity index (χ3v) is 15.3. The number of thiophene rings is 2. The SMILES string of the molecule is c1ccc2c(c1)B(c1ccc(-c3c4sc5ccccc5c4c(-c4ccc(B5c6ccccc6-c6ccccc65)cc4)c4sc5ccccc5c34)cc1)c1ccccc1-2. The van der Waals surface area contributed by atoms with E-state index in [-0.39, 0.29) is 13.4 Å². The highest BCUT2D eigenvalue weighted by molar-refractivity contribution is 7.28. The fraction of sp³-hybridized carbons (Fsp3) is 0. The van der Waals surface area contributed by atoms with Gasteiger partial charge in [-0.15, -0.1) is 22.7 Å². The van der Waals surface area contributed by atoms with Gasteiger partial charge in [0.25, 0.3) is 0 Å². The third kappa shape index (κ3) is 4.59. The minimum Gasteiger partial charge on any atom is -0.134 e. The summed E-state index contributed by atoms with van der Waals surface area (Å²) in [6.07, 6.45) is 0. The Morgan fingerprint density at radius 1 is 0.293 bits per heavy atom. The van der Waals surface area contributed by atoms with Crippen molar-refractivity contribution in [3.8, 4) is 44.5 Å². The van der Waals surface area contributed by atoms with Crippen LogP contribution in [-0.2, 0) is 0 Å². The summed E-state index contributed by atoms with van der Waals surface area (Å²) in [5.41, 5.74) is 18.9. The molecule has 0 fully saturated rings. The van der Waals surface area contributed by atoms with Gasteiger partial charge in [0.1, 0.15) is 0 Å². The van der Waals surface area contributed by atoms with Crippen molar-refractivity contribution in [2.24, 2.45) is 0 Å². The first-order chi connectivity index (χ1) is 28.8. The Bertz CT molecular complexity index is 3140. The summed E-state index contributed by atoms with van der Waals surface area (Å²) in [6, 6.07) is 73.0. The molecule has 13 rings (SSSR count). The van der Waals surface area contributed by atoms with E-state index in [9.17, 15) is 0 Å². The van der Waals surface area contributed by atoms with Crippen molar-refractivity contribution in [2.45, 2.75) is 0 Å². The molecule has 58 heavy (non-hydrogen) atoms. The Hall–Kier alpha value is -6.45. The summed E-state index contributed by atoms with van der Waals surface area (Å²) in [5.74, 6) is 0. The minimum atomic E-state index is 0.226. The maximum absolute atomic E-state index is 2.40. The van der Waals surface area contributed by atoms with E-state index in [0.717, 1.165) is 0 Å². The largest absolute Gasteiger partial charge is 0.242 e. The Labute approximate surface area is 345 Å². The summed E-state index contributed by atoms with van der Waals surface area (Å²) in [4.78, 5) is 0. The zero-order valence-electron chi connectivity index (χ0n) is 31.4. The van der Waals surface area contributed by atoms with E-state index in [1.54, 1.807) is 0 Å². The van der Waals surface area contributed by atoms with Gasteiger partial charge in [-0.25, -0.2) is 0 Å². The topological polar surface area (TPSA) is 0 Å². The highest BCUT2D eigenvalue weighted by Crippen LogP contribution is 2.53. The van der Waals surface area contributed by atoms with Crippen molar-refractivity contribution in [2.75, 3.05) is 0 Å². The lowest BCUT2D eigenvalue weighted by molar-refractivity contribution is 1.71. The average Bonchev–Trinajstić information content (AvgIpc) is 4.04. The maximum Gasteiger partial charge on any atom is 0.242 e. The van der Waals surface area contributed by atoms with Gasteiger partial charge in [0.2, 0.25) is 13.4 Å². The smallest absolute Gasteiger partial charge is 0.134 e. The molecule has 0 N–H and O–H groups in total. The lowest BCUT2D eigenvalue weighted by atomic mass is 9.39. The van der Waals surface area contributed by atoms with Gasteiger partial charge in [0.05, 0.1) is 0 Å². The molecule has 0 saturated carbocycles. The van der Waals surface area contributed by atoms with E-state index in [1.807, 2.05) is 22.7 Å². The van der Waals surface area contributed by atoms with E-state index in [1.165, 1.54) is 118 Å². The summed E-state index contributed by atoms with van der Waals surface area (Å²) in [6.45, 7) is 0.452. The van der Waals surface area contributed by atoms with Crippen LogP contribution in [0.2, 0.25) is 0 Å². The molecule has 0 amide bonds. The van der Waals surface area contributed by atoms with Gasteiger partial charge < -0.3 is 0 Å². The molecule has 266 valence electrons. The van der Waals surface area contributed by atoms with Crippen molar-refractivity contribution in [3.63, 3.8) is 0 Å². The molecule has 2 aliphatic heterocycles. The van der Waals surface area contributed by atoms with E-state index in [4.69, 9.17) is 0 Å². The Morgan fingerprint density at radius 3 is 0.966 bits per heavy atom. The average molecular weight is 767 g/mol. The third-order valence-electron chi connectivity index (χ3n) is 12.9. The van der Waals surface area contributed by atoms with Crippen LogP contribution < -0.4 is 32.8 Å². The summed E-state index contributed by atoms with van der Waals surface area (Å²) in [5, 5.41) is 5.39. The first kappa shape index (κ1) is 32.6. The van der Waals surface area contributed by atoms with Gasteiger partial charge in [-0.1, -0.05) is 215 Å². The zero-order valence-corrected chi connectivity index (χ0v) is 33.1. The lowest BCUT2D eigenvalue weighted by Crippen LogP contribution is -2.48. The van der Waals surface area contributed by atoms with Gasteiger partial charge in [0, 0.05) is 51.5 Å². The second kappa shape index (κ2) is 12.5. The van der Waals surface area contributed by atoms with E-state index in [2.05, 4.69) is 194 Å². The molecular weight excluding hydrogens is 734 g/mol. The number of rotatable bonds is 4. The molecule has 4 heterocycles. The van der Waals surface area contributed by atoms with Crippen LogP contribution in [0.4, 0.5) is 0 Å². The highest BCUT2D eigenvalue weighted by Gasteiger charge is 2.34. The molecule has 2 aliphatic rings. The van der Waals surface area contributed by atoms with Gasteiger partial charge in [-0.3, -0.25) is 0 Å². The molecule has 0 nitrogen and oxygen atoms in total. The minimum absolute atomic E-state index is 0.226. The van der Waals surface area contributed by atoms with E-state index in [0.29, 0.717) is 0 Å². The van der Waals surface area contributed by atoms with Crippen LogP contribution in [0.25, 0.3) is 84.9 Å². The highest BCUT2D eigenvalue weighted by atomic mass is 32.1. The summed E-state index contributed by atoms with van der Waals surface area (Å²) >= 11 is 3.88. The summed E-state index contributed by atoms with van der Waals surface area (Å²) in [7, 11) is 0. The van der Waals surface area contributed by atoms with Gasteiger partial charge >= 0.3 is 0 Å². The van der Waals surface area contributed by atoms with Gasteiger partial charge in [0.15, 0.2) is 0 Å². The number of hydrogen-bond acceptors (Lipinski definition) is 2. The second-order valence-corrected chi connectivity index (χ2v) is 17.9. The van der Waals surface area contributed by atoms with E-state index >= 15 is 0 Å². The molecule has 0 atom stereocenters. The predicted molar refractivity (Wildman–Crippen MR) is 256 cm³/mol. The van der Waals surface area contributed by atoms with Crippen LogP contribution in [0.3, 0.4) is 0 Å². The molecule has 4 heteroatoms. The molecule has 0 radical (unpaired) electrons. The van der Waals surface area contributed by atoms with Crippen molar-refractivity contribution < 1.29 is 0 Å². The van der Waals surface area contributed by atoms with Crippen LogP contribution >= 0.6 is 22.7 Å². The van der Waals surface area contributed by atoms with Crippen molar-refractivity contribution in [1.82, 2.24) is 0 Å². The van der Waals surface area contributed by atoms with Crippen LogP contribution in [0.1, 0.15) is 0 Å². The first-order valence-electron chi connectivity index (χ1n) is 20.2. The van der Waals surface area contributed by atoms with Crippen molar-refractivity contribution in [1.29, 1.82) is 0 Å². The van der Waals surface area contributed by atoms with Crippen LogP contribution in [0, 0.1) is 0 Å². The normalized spacial score (nSPS) is 12.8. The quantitative estimate of drug-likeness (QED) is 0.157. The number of benzene rings is 9. The maximum atomic E-state index is 2.40. The van der Waals surface area contributed by atoms with Crippen molar-refractivity contribution in [3.05, 3.63) is 194 Å². The molecule has 9 aromatic carbocycles. The zero-order chi connectivity index (χ0) is 37.9. The number of fused-ring (bicyclic) bond motifs is 12. The fourth-order valence-electron chi connectivity index (χ4n) is 10.4. The van der Waals surface area contributed by atoms with Crippen molar-refractivity contribution >= 4 is 109 Å². The molecule has 0 spiro atoms. The Kier molecular flexibility index (Phi) is 7.04. The van der Waals surface area contributed by atoms with Crippen LogP contribution in [0.5, 0.6) is 0 Å². The summed E-state index contributed by atoms with van der Waals surface area (Å²) < 4.78 is 5.38. The Morgan fingerprint density at radius 2 is 0.603 bits per heavy atom. The molecule has 0 bridgehead atoms. The molecule has 11 aromatic rings. The fourth-order valence-corrected chi connectivity index (χ4v) is 13.0. The molecule has 2 aromatic heterocycles. The number of hydrogen-bond donors (Lipinski definition) is 0. The molecular formula is C54H32B2S2. The second-order valence-electron chi connectivity index (χ2n) is 15.8. The van der Waals surface area contributed by atoms with Gasteiger partial charge in [-0.05, 0) is 45.5 Å². The standard InChI is InChI=1S/C54H32B2S2/c1-7-19-43-37(13-1)38-14-2-8-20-44(38)55(43)35-29-25-33(26-30-35)49-51-41-17-5-11-23-47(41)58-54(51)50(52-42-18-6-12-24-48(42)57-53(49)52)34-27-31-36(32-28-34)56-45-21-9-3-15-39(45)40-16-4-10-22-46(40)56/h1-32H. The predicted octanol–water partition coefficient (Wildman–Crippen LogP) is 10.7. The van der Waals surface area contributed by atoms with Crippen LogP contribution in [-0.4, -0.2) is 13.4 Å². The molecule has 0 unspecified atom stereocenters. The molecule has 0 saturated heterocycles. The van der Waals surface area contributed by atoms with Crippen LogP contribution in [0.15, 0.2) is 194 Å².